The summed E-state index contributed by atoms with van der Waals surface area (Å²) in [5.41, 5.74) is 0.433. The van der Waals surface area contributed by atoms with E-state index in [1.54, 1.807) is 43.5 Å². The highest BCUT2D eigenvalue weighted by Gasteiger charge is 2.09. The normalized spacial score (nSPS) is 9.79. The van der Waals surface area contributed by atoms with E-state index in [0.717, 1.165) is 0 Å². The average Bonchev–Trinajstić information content (AvgIpc) is 2.41. The van der Waals surface area contributed by atoms with Gasteiger partial charge >= 0.3 is 0 Å². The van der Waals surface area contributed by atoms with E-state index in [-0.39, 0.29) is 0 Å². The van der Waals surface area contributed by atoms with Crippen molar-refractivity contribution in [1.82, 2.24) is 0 Å². The SMILES string of the molecule is COc1ccc(C#N)c(Oc2ccc(Cl)cc2Br)c1. The molecule has 2 aromatic rings. The summed E-state index contributed by atoms with van der Waals surface area (Å²) in [6, 6.07) is 12.3. The van der Waals surface area contributed by atoms with Crippen molar-refractivity contribution in [2.24, 2.45) is 0 Å². The molecule has 0 amide bonds. The first kappa shape index (κ1) is 13.7. The van der Waals surface area contributed by atoms with Gasteiger partial charge in [-0.3, -0.25) is 0 Å². The Bertz CT molecular complexity index is 652. The quantitative estimate of drug-likeness (QED) is 0.809. The molecule has 0 atom stereocenters. The summed E-state index contributed by atoms with van der Waals surface area (Å²) in [4.78, 5) is 0. The third kappa shape index (κ3) is 3.19. The lowest BCUT2D eigenvalue weighted by Gasteiger charge is -2.10. The van der Waals surface area contributed by atoms with Crippen LogP contribution in [0, 0.1) is 11.3 Å². The van der Waals surface area contributed by atoms with Gasteiger partial charge in [0, 0.05) is 11.1 Å². The van der Waals surface area contributed by atoms with Crippen LogP contribution in [0.25, 0.3) is 0 Å². The highest BCUT2D eigenvalue weighted by Crippen LogP contribution is 2.34. The maximum atomic E-state index is 9.07. The van der Waals surface area contributed by atoms with Crippen molar-refractivity contribution in [3.8, 4) is 23.3 Å². The predicted octanol–water partition coefficient (Wildman–Crippen LogP) is 4.78. The summed E-state index contributed by atoms with van der Waals surface area (Å²) in [7, 11) is 1.56. The van der Waals surface area contributed by atoms with E-state index >= 15 is 0 Å². The Morgan fingerprint density at radius 2 is 1.95 bits per heavy atom. The molecule has 0 spiro atoms. The van der Waals surface area contributed by atoms with Crippen molar-refractivity contribution in [1.29, 1.82) is 5.26 Å². The third-order valence-corrected chi connectivity index (χ3v) is 3.28. The summed E-state index contributed by atoms with van der Waals surface area (Å²) >= 11 is 9.23. The second-order valence-electron chi connectivity index (χ2n) is 3.65. The Hall–Kier alpha value is -1.70. The molecule has 0 saturated carbocycles. The molecule has 2 aromatic carbocycles. The van der Waals surface area contributed by atoms with Crippen LogP contribution < -0.4 is 9.47 Å². The van der Waals surface area contributed by atoms with Gasteiger partial charge in [0.05, 0.1) is 17.1 Å². The molecule has 0 fully saturated rings. The third-order valence-electron chi connectivity index (χ3n) is 2.42. The van der Waals surface area contributed by atoms with Crippen LogP contribution in [-0.4, -0.2) is 7.11 Å². The van der Waals surface area contributed by atoms with Crippen molar-refractivity contribution < 1.29 is 9.47 Å². The maximum absolute atomic E-state index is 9.07. The summed E-state index contributed by atoms with van der Waals surface area (Å²) in [6.07, 6.45) is 0. The van der Waals surface area contributed by atoms with Gasteiger partial charge in [0.1, 0.15) is 23.3 Å². The van der Waals surface area contributed by atoms with Crippen LogP contribution in [0.4, 0.5) is 0 Å². The molecule has 0 saturated heterocycles. The second-order valence-corrected chi connectivity index (χ2v) is 4.94. The lowest BCUT2D eigenvalue weighted by molar-refractivity contribution is 0.408. The lowest BCUT2D eigenvalue weighted by atomic mass is 10.2. The smallest absolute Gasteiger partial charge is 0.148 e. The number of nitriles is 1. The highest BCUT2D eigenvalue weighted by atomic mass is 79.9. The molecule has 0 bridgehead atoms. The molecule has 0 radical (unpaired) electrons. The van der Waals surface area contributed by atoms with Gasteiger partial charge < -0.3 is 9.47 Å². The van der Waals surface area contributed by atoms with Crippen LogP contribution in [0.15, 0.2) is 40.9 Å². The van der Waals surface area contributed by atoms with Crippen LogP contribution in [0.3, 0.4) is 0 Å². The number of rotatable bonds is 3. The molecule has 0 heterocycles. The van der Waals surface area contributed by atoms with Gasteiger partial charge in [0.25, 0.3) is 0 Å². The fourth-order valence-electron chi connectivity index (χ4n) is 1.48. The van der Waals surface area contributed by atoms with Crippen molar-refractivity contribution >= 4 is 27.5 Å². The predicted molar refractivity (Wildman–Crippen MR) is 76.9 cm³/mol. The fraction of sp³-hybridized carbons (Fsp3) is 0.0714. The summed E-state index contributed by atoms with van der Waals surface area (Å²) in [5.74, 6) is 1.64. The van der Waals surface area contributed by atoms with Crippen molar-refractivity contribution in [3.63, 3.8) is 0 Å². The maximum Gasteiger partial charge on any atom is 0.148 e. The van der Waals surface area contributed by atoms with E-state index in [0.29, 0.717) is 32.3 Å². The molecule has 0 aliphatic heterocycles. The van der Waals surface area contributed by atoms with Gasteiger partial charge in [0.15, 0.2) is 0 Å². The monoisotopic (exact) mass is 337 g/mol. The second kappa shape index (κ2) is 5.96. The average molecular weight is 339 g/mol. The van der Waals surface area contributed by atoms with Crippen LogP contribution >= 0.6 is 27.5 Å². The number of hydrogen-bond donors (Lipinski definition) is 0. The molecular formula is C14H9BrClNO2. The first-order valence-electron chi connectivity index (χ1n) is 5.35. The summed E-state index contributed by atoms with van der Waals surface area (Å²) in [5, 5.41) is 9.67. The molecule has 96 valence electrons. The van der Waals surface area contributed by atoms with Crippen molar-refractivity contribution in [2.75, 3.05) is 7.11 Å². The zero-order valence-corrected chi connectivity index (χ0v) is 12.3. The van der Waals surface area contributed by atoms with E-state index in [1.807, 2.05) is 0 Å². The van der Waals surface area contributed by atoms with Gasteiger partial charge in [-0.05, 0) is 46.3 Å². The minimum absolute atomic E-state index is 0.433. The Balaban J connectivity index is 2.39. The number of methoxy groups -OCH3 is 1. The first-order chi connectivity index (χ1) is 9.13. The van der Waals surface area contributed by atoms with Gasteiger partial charge in [-0.2, -0.15) is 5.26 Å². The van der Waals surface area contributed by atoms with Gasteiger partial charge in [0.2, 0.25) is 0 Å². The number of ether oxygens (including phenoxy) is 2. The number of hydrogen-bond acceptors (Lipinski definition) is 3. The zero-order chi connectivity index (χ0) is 13.8. The topological polar surface area (TPSA) is 42.2 Å². The van der Waals surface area contributed by atoms with E-state index in [9.17, 15) is 0 Å². The molecule has 19 heavy (non-hydrogen) atoms. The minimum Gasteiger partial charge on any atom is -0.497 e. The van der Waals surface area contributed by atoms with Crippen LogP contribution in [0.2, 0.25) is 5.02 Å². The molecule has 0 unspecified atom stereocenters. The zero-order valence-electron chi connectivity index (χ0n) is 9.98. The summed E-state index contributed by atoms with van der Waals surface area (Å²) in [6.45, 7) is 0. The van der Waals surface area contributed by atoms with E-state index in [2.05, 4.69) is 22.0 Å². The molecule has 0 N–H and O–H groups in total. The van der Waals surface area contributed by atoms with Gasteiger partial charge in [-0.1, -0.05) is 11.6 Å². The highest BCUT2D eigenvalue weighted by molar-refractivity contribution is 9.10. The molecule has 0 aliphatic rings. The number of benzene rings is 2. The number of halogens is 2. The van der Waals surface area contributed by atoms with E-state index < -0.39 is 0 Å². The first-order valence-corrected chi connectivity index (χ1v) is 6.52. The van der Waals surface area contributed by atoms with E-state index in [1.165, 1.54) is 0 Å². The largest absolute Gasteiger partial charge is 0.497 e. The lowest BCUT2D eigenvalue weighted by Crippen LogP contribution is -1.91. The van der Waals surface area contributed by atoms with E-state index in [4.69, 9.17) is 26.3 Å². The molecule has 3 nitrogen and oxygen atoms in total. The Morgan fingerprint density at radius 1 is 1.16 bits per heavy atom. The molecule has 2 rings (SSSR count). The molecule has 5 heteroatoms. The molecule has 0 aromatic heterocycles. The minimum atomic E-state index is 0.433. The Morgan fingerprint density at radius 3 is 2.58 bits per heavy atom. The van der Waals surface area contributed by atoms with Crippen LogP contribution in [0.1, 0.15) is 5.56 Å². The van der Waals surface area contributed by atoms with Gasteiger partial charge in [-0.25, -0.2) is 0 Å². The van der Waals surface area contributed by atoms with Crippen molar-refractivity contribution in [3.05, 3.63) is 51.5 Å². The molecular weight excluding hydrogens is 330 g/mol. The summed E-state index contributed by atoms with van der Waals surface area (Å²) < 4.78 is 11.6. The van der Waals surface area contributed by atoms with Crippen LogP contribution in [-0.2, 0) is 0 Å². The van der Waals surface area contributed by atoms with Gasteiger partial charge in [-0.15, -0.1) is 0 Å². The Kier molecular flexibility index (Phi) is 4.31. The Labute approximate surface area is 124 Å². The standard InChI is InChI=1S/C14H9BrClNO2/c1-18-11-4-2-9(8-17)14(7-11)19-13-5-3-10(16)6-12(13)15/h2-7H,1H3. The molecule has 0 aliphatic carbocycles. The fourth-order valence-corrected chi connectivity index (χ4v) is 2.25. The van der Waals surface area contributed by atoms with Crippen LogP contribution in [0.5, 0.6) is 17.2 Å². The van der Waals surface area contributed by atoms with Crippen molar-refractivity contribution in [2.45, 2.75) is 0 Å². The number of nitrogens with zero attached hydrogens (tertiary/aromatic N) is 1.